The van der Waals surface area contributed by atoms with Gasteiger partial charge in [-0.15, -0.1) is 0 Å². The number of fused-ring (bicyclic) bond motifs is 1. The maximum Gasteiger partial charge on any atom is 0.364 e. The number of aromatic hydroxyl groups is 1. The third-order valence-electron chi connectivity index (χ3n) is 7.13. The summed E-state index contributed by atoms with van der Waals surface area (Å²) in [5.41, 5.74) is -1.94. The first-order valence-electron chi connectivity index (χ1n) is 11.9. The van der Waals surface area contributed by atoms with Gasteiger partial charge in [-0.3, -0.25) is 4.79 Å². The van der Waals surface area contributed by atoms with Crippen LogP contribution in [0.25, 0.3) is 11.0 Å². The van der Waals surface area contributed by atoms with Gasteiger partial charge in [0.25, 0.3) is 0 Å². The molecule has 198 valence electrons. The number of amides is 1. The summed E-state index contributed by atoms with van der Waals surface area (Å²) in [6.07, 6.45) is -4.30. The highest BCUT2D eigenvalue weighted by molar-refractivity contribution is 5.99. The van der Waals surface area contributed by atoms with Gasteiger partial charge in [0.05, 0.1) is 17.1 Å². The Labute approximate surface area is 207 Å². The fraction of sp³-hybridized carbons (Fsp3) is 0.600. The SMILES string of the molecule is CCC(O)C1CC1C(=O)Nc1c(O)c2ccc(O[C@@H]3OC(C)(C)[C@H](OC)[C@@H](O)[C@H]3O)c(C)c2oc1=O. The van der Waals surface area contributed by atoms with E-state index < -0.39 is 59.5 Å². The number of methoxy groups -OCH3 is 1. The molecule has 4 rings (SSSR count). The molecule has 1 saturated carbocycles. The molecule has 7 atom stereocenters. The van der Waals surface area contributed by atoms with Crippen LogP contribution in [0.4, 0.5) is 5.69 Å². The van der Waals surface area contributed by atoms with Crippen LogP contribution in [0.1, 0.15) is 39.2 Å². The average Bonchev–Trinajstić information content (AvgIpc) is 3.62. The Morgan fingerprint density at radius 2 is 1.97 bits per heavy atom. The van der Waals surface area contributed by atoms with E-state index in [0.29, 0.717) is 18.4 Å². The predicted octanol–water partition coefficient (Wildman–Crippen LogP) is 1.40. The number of aryl methyl sites for hydroxylation is 1. The number of aliphatic hydroxyl groups excluding tert-OH is 3. The number of nitrogens with one attached hydrogen (secondary N) is 1. The molecule has 2 aromatic rings. The Morgan fingerprint density at radius 3 is 2.61 bits per heavy atom. The van der Waals surface area contributed by atoms with Crippen LogP contribution in [0.5, 0.6) is 11.5 Å². The molecule has 0 spiro atoms. The van der Waals surface area contributed by atoms with Crippen LogP contribution in [0.3, 0.4) is 0 Å². The summed E-state index contributed by atoms with van der Waals surface area (Å²) in [6.45, 7) is 6.80. The number of aliphatic hydroxyl groups is 3. The number of carbonyl (C=O) groups is 1. The van der Waals surface area contributed by atoms with E-state index >= 15 is 0 Å². The highest BCUT2D eigenvalue weighted by Gasteiger charge is 2.50. The van der Waals surface area contributed by atoms with Crippen LogP contribution < -0.4 is 15.7 Å². The van der Waals surface area contributed by atoms with Gasteiger partial charge in [0.2, 0.25) is 12.2 Å². The van der Waals surface area contributed by atoms with Crippen LogP contribution >= 0.6 is 0 Å². The summed E-state index contributed by atoms with van der Waals surface area (Å²) in [5.74, 6) is -1.34. The summed E-state index contributed by atoms with van der Waals surface area (Å²) < 4.78 is 22.4. The first-order valence-corrected chi connectivity index (χ1v) is 11.9. The van der Waals surface area contributed by atoms with Crippen molar-refractivity contribution in [3.05, 3.63) is 28.1 Å². The molecule has 3 unspecified atom stereocenters. The maximum atomic E-state index is 12.7. The molecule has 0 radical (unpaired) electrons. The van der Waals surface area contributed by atoms with E-state index in [0.717, 1.165) is 0 Å². The molecule has 1 aromatic heterocycles. The second-order valence-corrected chi connectivity index (χ2v) is 9.99. The summed E-state index contributed by atoms with van der Waals surface area (Å²) >= 11 is 0. The normalized spacial score (nSPS) is 30.1. The molecule has 0 bridgehead atoms. The number of hydrogen-bond acceptors (Lipinski definition) is 10. The predicted molar refractivity (Wildman–Crippen MR) is 128 cm³/mol. The first kappa shape index (κ1) is 26.4. The van der Waals surface area contributed by atoms with E-state index in [1.54, 1.807) is 20.8 Å². The van der Waals surface area contributed by atoms with Crippen molar-refractivity contribution in [2.75, 3.05) is 12.4 Å². The Morgan fingerprint density at radius 1 is 1.28 bits per heavy atom. The summed E-state index contributed by atoms with van der Waals surface area (Å²) in [5, 5.41) is 44.3. The van der Waals surface area contributed by atoms with E-state index in [-0.39, 0.29) is 28.3 Å². The third-order valence-corrected chi connectivity index (χ3v) is 7.13. The number of rotatable bonds is 7. The highest BCUT2D eigenvalue weighted by atomic mass is 16.7. The van der Waals surface area contributed by atoms with Gasteiger partial charge in [-0.1, -0.05) is 6.92 Å². The lowest BCUT2D eigenvalue weighted by atomic mass is 9.89. The van der Waals surface area contributed by atoms with Gasteiger partial charge >= 0.3 is 5.63 Å². The Hall–Kier alpha value is -2.70. The van der Waals surface area contributed by atoms with E-state index in [1.807, 2.05) is 6.92 Å². The molecule has 1 amide bonds. The molecule has 2 fully saturated rings. The molecule has 1 aliphatic heterocycles. The number of anilines is 1. The van der Waals surface area contributed by atoms with Crippen molar-refractivity contribution in [1.82, 2.24) is 0 Å². The molecule has 2 heterocycles. The highest BCUT2D eigenvalue weighted by Crippen LogP contribution is 2.44. The van der Waals surface area contributed by atoms with E-state index in [1.165, 1.54) is 19.2 Å². The van der Waals surface area contributed by atoms with Crippen molar-refractivity contribution < 1.29 is 43.8 Å². The Kier molecular flexibility index (Phi) is 7.06. The summed E-state index contributed by atoms with van der Waals surface area (Å²) in [6, 6.07) is 2.94. The molecule has 5 N–H and O–H groups in total. The first-order chi connectivity index (χ1) is 16.9. The summed E-state index contributed by atoms with van der Waals surface area (Å²) in [4.78, 5) is 25.2. The largest absolute Gasteiger partial charge is 0.505 e. The van der Waals surface area contributed by atoms with Gasteiger partial charge in [-0.05, 0) is 51.7 Å². The minimum Gasteiger partial charge on any atom is -0.505 e. The van der Waals surface area contributed by atoms with E-state index in [2.05, 4.69) is 5.32 Å². The van der Waals surface area contributed by atoms with Crippen molar-refractivity contribution >= 4 is 22.6 Å². The smallest absolute Gasteiger partial charge is 0.364 e. The van der Waals surface area contributed by atoms with Crippen LogP contribution in [0.2, 0.25) is 0 Å². The average molecular weight is 508 g/mol. The van der Waals surface area contributed by atoms with Crippen molar-refractivity contribution in [1.29, 1.82) is 0 Å². The maximum absolute atomic E-state index is 12.7. The van der Waals surface area contributed by atoms with E-state index in [9.17, 15) is 30.0 Å². The monoisotopic (exact) mass is 507 g/mol. The van der Waals surface area contributed by atoms with Crippen LogP contribution in [0, 0.1) is 18.8 Å². The van der Waals surface area contributed by atoms with Crippen LogP contribution in [0.15, 0.2) is 21.3 Å². The van der Waals surface area contributed by atoms with Crippen molar-refractivity contribution in [3.8, 4) is 11.5 Å². The molecular weight excluding hydrogens is 474 g/mol. The minimum absolute atomic E-state index is 0.0265. The molecule has 36 heavy (non-hydrogen) atoms. The minimum atomic E-state index is -1.42. The van der Waals surface area contributed by atoms with Gasteiger partial charge in [0.1, 0.15) is 29.6 Å². The number of hydrogen-bond donors (Lipinski definition) is 5. The second kappa shape index (κ2) is 9.64. The van der Waals surface area contributed by atoms with Crippen molar-refractivity contribution in [3.63, 3.8) is 0 Å². The third kappa shape index (κ3) is 4.57. The molecule has 2 aliphatic rings. The lowest BCUT2D eigenvalue weighted by Crippen LogP contribution is -2.63. The summed E-state index contributed by atoms with van der Waals surface area (Å²) in [7, 11) is 1.41. The lowest BCUT2D eigenvalue weighted by molar-refractivity contribution is -0.306. The number of benzene rings is 1. The molecule has 1 aromatic carbocycles. The lowest BCUT2D eigenvalue weighted by Gasteiger charge is -2.46. The van der Waals surface area contributed by atoms with Crippen molar-refractivity contribution in [2.24, 2.45) is 11.8 Å². The molecule has 11 heteroatoms. The Bertz CT molecular complexity index is 1210. The van der Waals surface area contributed by atoms with Gasteiger partial charge in [-0.25, -0.2) is 4.79 Å². The Balaban J connectivity index is 1.59. The van der Waals surface area contributed by atoms with Crippen LogP contribution in [-0.2, 0) is 14.3 Å². The zero-order valence-corrected chi connectivity index (χ0v) is 20.8. The molecule has 11 nitrogen and oxygen atoms in total. The molecule has 1 aliphatic carbocycles. The van der Waals surface area contributed by atoms with Crippen molar-refractivity contribution in [2.45, 2.75) is 76.8 Å². The zero-order valence-electron chi connectivity index (χ0n) is 20.8. The number of ether oxygens (including phenoxy) is 3. The van der Waals surface area contributed by atoms with Crippen LogP contribution in [-0.4, -0.2) is 69.8 Å². The van der Waals surface area contributed by atoms with Gasteiger partial charge in [0.15, 0.2) is 11.4 Å². The fourth-order valence-corrected chi connectivity index (χ4v) is 4.89. The number of carbonyl (C=O) groups excluding carboxylic acids is 1. The topological polar surface area (TPSA) is 168 Å². The standard InChI is InChI=1S/C25H33NO10/c1-6-14(27)12-9-13(12)22(31)26-16-17(28)11-7-8-15(10(2)20(11)35-23(16)32)34-24-19(30)18(29)21(33-5)25(3,4)36-24/h7-8,12-14,18-19,21,24,27-30H,6,9H2,1-5H3,(H,26,31)/t12?,13?,14?,18-,19+,21+,24+/m0/s1. The molecular formula is C25H33NO10. The van der Waals surface area contributed by atoms with Gasteiger partial charge < -0.3 is 44.4 Å². The van der Waals surface area contributed by atoms with Gasteiger partial charge in [-0.2, -0.15) is 0 Å². The molecule has 1 saturated heterocycles. The fourth-order valence-electron chi connectivity index (χ4n) is 4.89. The zero-order chi connectivity index (χ0) is 26.5. The van der Waals surface area contributed by atoms with E-state index in [4.69, 9.17) is 18.6 Å². The van der Waals surface area contributed by atoms with Gasteiger partial charge in [0, 0.05) is 18.6 Å². The second-order valence-electron chi connectivity index (χ2n) is 9.99. The quantitative estimate of drug-likeness (QED) is 0.346.